The van der Waals surface area contributed by atoms with Gasteiger partial charge < -0.3 is 8.83 Å². The monoisotopic (exact) mass is 394 g/mol. The highest BCUT2D eigenvalue weighted by atomic mass is 35.5. The van der Waals surface area contributed by atoms with Gasteiger partial charge in [0.15, 0.2) is 11.5 Å². The van der Waals surface area contributed by atoms with Gasteiger partial charge in [0, 0.05) is 20.9 Å². The molecule has 3 nitrogen and oxygen atoms in total. The van der Waals surface area contributed by atoms with Crippen molar-refractivity contribution in [2.45, 2.75) is 0 Å². The lowest BCUT2D eigenvalue weighted by atomic mass is 10.1. The molecule has 120 valence electrons. The van der Waals surface area contributed by atoms with E-state index in [2.05, 4.69) is 0 Å². The van der Waals surface area contributed by atoms with E-state index in [1.807, 2.05) is 12.1 Å². The van der Waals surface area contributed by atoms with Crippen molar-refractivity contribution in [2.24, 2.45) is 0 Å². The summed E-state index contributed by atoms with van der Waals surface area (Å²) < 4.78 is 12.2. The second-order valence-electron chi connectivity index (χ2n) is 4.86. The molecule has 4 heterocycles. The molecule has 0 aliphatic carbocycles. The zero-order valence-electron chi connectivity index (χ0n) is 11.9. The summed E-state index contributed by atoms with van der Waals surface area (Å²) in [4.78, 5) is 14.7. The number of carbonyl (C=O) groups is 1. The van der Waals surface area contributed by atoms with Crippen LogP contribution in [0.2, 0.25) is 8.67 Å². The summed E-state index contributed by atoms with van der Waals surface area (Å²) >= 11 is 14.8. The molecule has 0 radical (unpaired) electrons. The van der Waals surface area contributed by atoms with Crippen LogP contribution in [0.4, 0.5) is 0 Å². The minimum atomic E-state index is -0.316. The first kappa shape index (κ1) is 15.7. The third-order valence-electron chi connectivity index (χ3n) is 3.42. The van der Waals surface area contributed by atoms with Gasteiger partial charge in [-0.3, -0.25) is 4.79 Å². The Balaban J connectivity index is 1.77. The van der Waals surface area contributed by atoms with Crippen molar-refractivity contribution < 1.29 is 13.6 Å². The van der Waals surface area contributed by atoms with Crippen molar-refractivity contribution in [3.8, 4) is 20.9 Å². The van der Waals surface area contributed by atoms with Crippen molar-refractivity contribution in [1.82, 2.24) is 0 Å². The molecule has 4 rings (SSSR count). The van der Waals surface area contributed by atoms with Crippen LogP contribution in [0, 0.1) is 0 Å². The predicted octanol–water partition coefficient (Wildman–Crippen LogP) is 6.87. The Hall–Kier alpha value is -1.79. The SMILES string of the molecule is O=C(c1occc1-c1ccc(Cl)s1)c1occc1-c1ccc(Cl)s1. The average Bonchev–Trinajstić information content (AvgIpc) is 3.32. The molecular weight excluding hydrogens is 387 g/mol. The molecule has 4 aromatic heterocycles. The first-order chi connectivity index (χ1) is 11.6. The van der Waals surface area contributed by atoms with E-state index in [4.69, 9.17) is 32.0 Å². The maximum atomic E-state index is 12.9. The van der Waals surface area contributed by atoms with Gasteiger partial charge in [-0.05, 0) is 36.4 Å². The Morgan fingerprint density at radius 3 is 1.58 bits per heavy atom. The van der Waals surface area contributed by atoms with Crippen LogP contribution in [0.25, 0.3) is 20.9 Å². The summed E-state index contributed by atoms with van der Waals surface area (Å²) in [5.74, 6) is 0.142. The average molecular weight is 395 g/mol. The van der Waals surface area contributed by atoms with Gasteiger partial charge in [0.05, 0.1) is 21.2 Å². The van der Waals surface area contributed by atoms with Gasteiger partial charge in [-0.25, -0.2) is 0 Å². The van der Waals surface area contributed by atoms with Gasteiger partial charge in [0.2, 0.25) is 0 Å². The summed E-state index contributed by atoms with van der Waals surface area (Å²) in [5, 5.41) is 0. The van der Waals surface area contributed by atoms with Crippen molar-refractivity contribution >= 4 is 51.7 Å². The molecule has 0 N–H and O–H groups in total. The number of rotatable bonds is 4. The highest BCUT2D eigenvalue weighted by Crippen LogP contribution is 2.38. The van der Waals surface area contributed by atoms with Gasteiger partial charge in [-0.2, -0.15) is 0 Å². The molecule has 24 heavy (non-hydrogen) atoms. The highest BCUT2D eigenvalue weighted by Gasteiger charge is 2.25. The Morgan fingerprint density at radius 2 is 1.21 bits per heavy atom. The highest BCUT2D eigenvalue weighted by molar-refractivity contribution is 7.19. The maximum absolute atomic E-state index is 12.9. The third kappa shape index (κ3) is 2.74. The van der Waals surface area contributed by atoms with E-state index in [0.29, 0.717) is 19.8 Å². The summed E-state index contributed by atoms with van der Waals surface area (Å²) in [6.45, 7) is 0. The maximum Gasteiger partial charge on any atom is 0.264 e. The number of furan rings is 2. The molecule has 0 aliphatic rings. The summed E-state index contributed by atoms with van der Waals surface area (Å²) in [7, 11) is 0. The van der Waals surface area contributed by atoms with E-state index >= 15 is 0 Å². The number of carbonyl (C=O) groups excluding carboxylic acids is 1. The van der Waals surface area contributed by atoms with Crippen LogP contribution >= 0.6 is 45.9 Å². The first-order valence-electron chi connectivity index (χ1n) is 6.84. The van der Waals surface area contributed by atoms with Crippen LogP contribution in [0.15, 0.2) is 57.8 Å². The van der Waals surface area contributed by atoms with E-state index in [-0.39, 0.29) is 17.3 Å². The minimum absolute atomic E-state index is 0.229. The zero-order chi connectivity index (χ0) is 16.7. The van der Waals surface area contributed by atoms with E-state index in [0.717, 1.165) is 9.75 Å². The van der Waals surface area contributed by atoms with Crippen LogP contribution in [0.5, 0.6) is 0 Å². The van der Waals surface area contributed by atoms with Crippen LogP contribution in [0.1, 0.15) is 16.3 Å². The first-order valence-corrected chi connectivity index (χ1v) is 9.23. The van der Waals surface area contributed by atoms with Crippen molar-refractivity contribution in [3.05, 3.63) is 69.1 Å². The molecule has 0 fully saturated rings. The molecule has 0 saturated carbocycles. The standard InChI is InChI=1S/C17H8Cl2O3S2/c18-13-3-1-11(23-13)9-5-7-21-16(9)15(20)17-10(6-8-22-17)12-2-4-14(19)24-12/h1-8H. The number of hydrogen-bond acceptors (Lipinski definition) is 5. The normalized spacial score (nSPS) is 11.1. The van der Waals surface area contributed by atoms with E-state index in [1.165, 1.54) is 35.2 Å². The van der Waals surface area contributed by atoms with Crippen molar-refractivity contribution in [1.29, 1.82) is 0 Å². The lowest BCUT2D eigenvalue weighted by Gasteiger charge is -2.00. The molecule has 0 aliphatic heterocycles. The van der Waals surface area contributed by atoms with Gasteiger partial charge in [-0.1, -0.05) is 23.2 Å². The summed E-state index contributed by atoms with van der Waals surface area (Å²) in [5.41, 5.74) is 1.40. The van der Waals surface area contributed by atoms with Gasteiger partial charge in [0.25, 0.3) is 5.78 Å². The van der Waals surface area contributed by atoms with Gasteiger partial charge in [-0.15, -0.1) is 22.7 Å². The predicted molar refractivity (Wildman–Crippen MR) is 97.5 cm³/mol. The molecule has 0 amide bonds. The van der Waals surface area contributed by atoms with Crippen molar-refractivity contribution in [3.63, 3.8) is 0 Å². The number of hydrogen-bond donors (Lipinski definition) is 0. The molecule has 7 heteroatoms. The third-order valence-corrected chi connectivity index (χ3v) is 5.95. The zero-order valence-corrected chi connectivity index (χ0v) is 15.1. The minimum Gasteiger partial charge on any atom is -0.460 e. The number of halogens is 2. The number of thiophene rings is 2. The molecule has 0 atom stereocenters. The fourth-order valence-electron chi connectivity index (χ4n) is 2.38. The lowest BCUT2D eigenvalue weighted by molar-refractivity contribution is 0.0985. The molecule has 0 aromatic carbocycles. The second-order valence-corrected chi connectivity index (χ2v) is 8.29. The van der Waals surface area contributed by atoms with Crippen molar-refractivity contribution in [2.75, 3.05) is 0 Å². The second kappa shape index (κ2) is 6.26. The van der Waals surface area contributed by atoms with E-state index < -0.39 is 0 Å². The van der Waals surface area contributed by atoms with Gasteiger partial charge >= 0.3 is 0 Å². The van der Waals surface area contributed by atoms with E-state index in [9.17, 15) is 4.79 Å². The van der Waals surface area contributed by atoms with Crippen LogP contribution in [0.3, 0.4) is 0 Å². The molecule has 4 aromatic rings. The molecular formula is C17H8Cl2O3S2. The van der Waals surface area contributed by atoms with Gasteiger partial charge in [0.1, 0.15) is 0 Å². The fraction of sp³-hybridized carbons (Fsp3) is 0. The van der Waals surface area contributed by atoms with E-state index in [1.54, 1.807) is 24.3 Å². The Morgan fingerprint density at radius 1 is 0.750 bits per heavy atom. The Labute approximate surface area is 155 Å². The smallest absolute Gasteiger partial charge is 0.264 e. The Kier molecular flexibility index (Phi) is 4.10. The van der Waals surface area contributed by atoms with Crippen LogP contribution in [-0.2, 0) is 0 Å². The molecule has 0 spiro atoms. The topological polar surface area (TPSA) is 43.4 Å². The fourth-order valence-corrected chi connectivity index (χ4v) is 4.51. The molecule has 0 unspecified atom stereocenters. The largest absolute Gasteiger partial charge is 0.460 e. The van der Waals surface area contributed by atoms with Crippen LogP contribution in [-0.4, -0.2) is 5.78 Å². The molecule has 0 bridgehead atoms. The molecule has 0 saturated heterocycles. The van der Waals surface area contributed by atoms with Crippen LogP contribution < -0.4 is 0 Å². The number of ketones is 1. The summed E-state index contributed by atoms with van der Waals surface area (Å²) in [6, 6.07) is 10.8. The summed E-state index contributed by atoms with van der Waals surface area (Å²) in [6.07, 6.45) is 2.97. The quantitative estimate of drug-likeness (QED) is 0.354. The Bertz CT molecular complexity index is 942. The lowest BCUT2D eigenvalue weighted by Crippen LogP contribution is -2.01.